The number of carbonyl (C=O) groups excluding carboxylic acids is 2. The predicted molar refractivity (Wildman–Crippen MR) is 132 cm³/mol. The Kier molecular flexibility index (Phi) is 5.71. The number of aromatic nitrogens is 3. The third kappa shape index (κ3) is 4.10. The quantitative estimate of drug-likeness (QED) is 0.425. The van der Waals surface area contributed by atoms with Crippen LogP contribution in [-0.4, -0.2) is 45.1 Å². The summed E-state index contributed by atoms with van der Waals surface area (Å²) in [5.74, 6) is -0.188. The molecule has 8 heteroatoms. The van der Waals surface area contributed by atoms with Crippen LogP contribution in [0.3, 0.4) is 0 Å². The van der Waals surface area contributed by atoms with Gasteiger partial charge in [0.1, 0.15) is 5.69 Å². The topological polar surface area (TPSA) is 102 Å². The molecule has 0 saturated carbocycles. The number of Topliss-reactive ketones (excluding diaryl/α,β-unsaturated/α-hetero) is 1. The Balaban J connectivity index is 1.63. The SMILES string of the molecule is CN1CC(CC(=O)c2nc(-c3cc(Cl)c4ncccc4c3)c(-c3ccccc3)nc2N)CC1=O. The zero-order valence-electron chi connectivity index (χ0n) is 18.5. The largest absolute Gasteiger partial charge is 0.382 e. The number of pyridine rings is 1. The zero-order valence-corrected chi connectivity index (χ0v) is 19.3. The maximum Gasteiger partial charge on any atom is 0.222 e. The summed E-state index contributed by atoms with van der Waals surface area (Å²) in [6.45, 7) is 0.542. The normalized spacial score (nSPS) is 15.8. The minimum Gasteiger partial charge on any atom is -0.382 e. The molecule has 1 fully saturated rings. The number of hydrogen-bond acceptors (Lipinski definition) is 6. The molecule has 1 aliphatic heterocycles. The molecule has 1 unspecified atom stereocenters. The van der Waals surface area contributed by atoms with E-state index in [1.807, 2.05) is 48.5 Å². The van der Waals surface area contributed by atoms with E-state index in [1.54, 1.807) is 24.2 Å². The van der Waals surface area contributed by atoms with Gasteiger partial charge in [-0.15, -0.1) is 0 Å². The summed E-state index contributed by atoms with van der Waals surface area (Å²) in [7, 11) is 1.74. The van der Waals surface area contributed by atoms with Gasteiger partial charge >= 0.3 is 0 Å². The number of benzene rings is 2. The number of nitrogens with zero attached hydrogens (tertiary/aromatic N) is 4. The van der Waals surface area contributed by atoms with Crippen molar-refractivity contribution in [3.63, 3.8) is 0 Å². The number of ketones is 1. The van der Waals surface area contributed by atoms with Crippen molar-refractivity contribution in [2.75, 3.05) is 19.3 Å². The fraction of sp³-hybridized carbons (Fsp3) is 0.192. The maximum absolute atomic E-state index is 13.2. The molecule has 0 aliphatic carbocycles. The number of likely N-dealkylation sites (tertiary alicyclic amines) is 1. The smallest absolute Gasteiger partial charge is 0.222 e. The number of nitrogen functional groups attached to an aromatic ring is 1. The first-order chi connectivity index (χ1) is 16.4. The van der Waals surface area contributed by atoms with Crippen molar-refractivity contribution < 1.29 is 9.59 Å². The van der Waals surface area contributed by atoms with Crippen molar-refractivity contribution >= 4 is 40.0 Å². The highest BCUT2D eigenvalue weighted by atomic mass is 35.5. The molecule has 1 saturated heterocycles. The number of rotatable bonds is 5. The van der Waals surface area contributed by atoms with Gasteiger partial charge in [-0.2, -0.15) is 0 Å². The number of carbonyl (C=O) groups is 2. The molecule has 4 aromatic rings. The van der Waals surface area contributed by atoms with Gasteiger partial charge in [0.2, 0.25) is 5.91 Å². The van der Waals surface area contributed by atoms with Gasteiger partial charge in [-0.25, -0.2) is 9.97 Å². The minimum atomic E-state index is -0.229. The Labute approximate surface area is 201 Å². The Morgan fingerprint density at radius 2 is 1.85 bits per heavy atom. The van der Waals surface area contributed by atoms with Gasteiger partial charge in [-0.1, -0.05) is 48.0 Å². The number of anilines is 1. The minimum absolute atomic E-state index is 0.0383. The Morgan fingerprint density at radius 3 is 2.59 bits per heavy atom. The van der Waals surface area contributed by atoms with Crippen LogP contribution in [0, 0.1) is 5.92 Å². The predicted octanol–water partition coefficient (Wildman–Crippen LogP) is 4.65. The van der Waals surface area contributed by atoms with Crippen molar-refractivity contribution in [2.45, 2.75) is 12.8 Å². The van der Waals surface area contributed by atoms with Gasteiger partial charge in [0.05, 0.1) is 21.9 Å². The first-order valence-electron chi connectivity index (χ1n) is 11.0. The first kappa shape index (κ1) is 22.0. The summed E-state index contributed by atoms with van der Waals surface area (Å²) in [6.07, 6.45) is 2.22. The second kappa shape index (κ2) is 8.83. The van der Waals surface area contributed by atoms with Crippen LogP contribution < -0.4 is 5.73 Å². The van der Waals surface area contributed by atoms with Crippen LogP contribution in [0.25, 0.3) is 33.4 Å². The maximum atomic E-state index is 13.2. The Bertz CT molecular complexity index is 1420. The van der Waals surface area contributed by atoms with Crippen LogP contribution in [-0.2, 0) is 4.79 Å². The van der Waals surface area contributed by atoms with Gasteiger partial charge in [-0.3, -0.25) is 14.6 Å². The number of hydrogen-bond donors (Lipinski definition) is 1. The molecule has 3 heterocycles. The third-order valence-electron chi connectivity index (χ3n) is 6.06. The third-order valence-corrected chi connectivity index (χ3v) is 6.35. The molecule has 1 aliphatic rings. The molecule has 170 valence electrons. The highest BCUT2D eigenvalue weighted by Gasteiger charge is 2.30. The molecule has 1 atom stereocenters. The van der Waals surface area contributed by atoms with Crippen LogP contribution in [0.15, 0.2) is 60.8 Å². The van der Waals surface area contributed by atoms with Crippen LogP contribution in [0.2, 0.25) is 5.02 Å². The standard InChI is InChI=1S/C26H22ClN5O2/c1-32-14-15(11-21(32)34)10-20(33)25-26(28)31-23(16-6-3-2-4-7-16)24(30-25)18-12-17-8-5-9-29-22(17)19(27)13-18/h2-9,12-13,15H,10-11,14H2,1H3,(H2,28,31). The molecular formula is C26H22ClN5O2. The molecule has 5 rings (SSSR count). The highest BCUT2D eigenvalue weighted by Crippen LogP contribution is 2.35. The van der Waals surface area contributed by atoms with E-state index >= 15 is 0 Å². The van der Waals surface area contributed by atoms with Gasteiger partial charge in [-0.05, 0) is 24.1 Å². The summed E-state index contributed by atoms with van der Waals surface area (Å²) in [4.78, 5) is 40.4. The van der Waals surface area contributed by atoms with Crippen molar-refractivity contribution in [1.29, 1.82) is 0 Å². The molecule has 2 aromatic heterocycles. The Hall–Kier alpha value is -3.84. The Morgan fingerprint density at radius 1 is 1.09 bits per heavy atom. The lowest BCUT2D eigenvalue weighted by Crippen LogP contribution is -2.20. The lowest BCUT2D eigenvalue weighted by atomic mass is 9.98. The van der Waals surface area contributed by atoms with E-state index in [1.165, 1.54) is 0 Å². The molecular weight excluding hydrogens is 450 g/mol. The molecule has 1 amide bonds. The van der Waals surface area contributed by atoms with E-state index in [2.05, 4.69) is 9.97 Å². The molecule has 34 heavy (non-hydrogen) atoms. The average Bonchev–Trinajstić information content (AvgIpc) is 3.15. The van der Waals surface area contributed by atoms with E-state index in [0.29, 0.717) is 40.5 Å². The number of amides is 1. The highest BCUT2D eigenvalue weighted by molar-refractivity contribution is 6.35. The lowest BCUT2D eigenvalue weighted by Gasteiger charge is -2.15. The molecule has 7 nitrogen and oxygen atoms in total. The fourth-order valence-electron chi connectivity index (χ4n) is 4.39. The molecule has 0 bridgehead atoms. The van der Waals surface area contributed by atoms with Gasteiger partial charge in [0.25, 0.3) is 0 Å². The lowest BCUT2D eigenvalue weighted by molar-refractivity contribution is -0.126. The van der Waals surface area contributed by atoms with E-state index in [-0.39, 0.29) is 35.5 Å². The second-order valence-corrected chi connectivity index (χ2v) is 8.93. The summed E-state index contributed by atoms with van der Waals surface area (Å²) >= 11 is 6.55. The molecule has 0 spiro atoms. The average molecular weight is 472 g/mol. The van der Waals surface area contributed by atoms with Gasteiger partial charge < -0.3 is 10.6 Å². The monoisotopic (exact) mass is 471 g/mol. The van der Waals surface area contributed by atoms with Crippen LogP contribution >= 0.6 is 11.6 Å². The molecule has 2 aromatic carbocycles. The van der Waals surface area contributed by atoms with E-state index < -0.39 is 0 Å². The van der Waals surface area contributed by atoms with Gasteiger partial charge in [0.15, 0.2) is 11.6 Å². The number of fused-ring (bicyclic) bond motifs is 1. The van der Waals surface area contributed by atoms with Crippen LogP contribution in [0.5, 0.6) is 0 Å². The zero-order chi connectivity index (χ0) is 23.8. The summed E-state index contributed by atoms with van der Waals surface area (Å²) < 4.78 is 0. The van der Waals surface area contributed by atoms with Gasteiger partial charge in [0, 0.05) is 49.1 Å². The van der Waals surface area contributed by atoms with Crippen LogP contribution in [0.1, 0.15) is 23.3 Å². The summed E-state index contributed by atoms with van der Waals surface area (Å²) in [5.41, 5.74) is 9.64. The fourth-order valence-corrected chi connectivity index (χ4v) is 4.66. The van der Waals surface area contributed by atoms with Crippen LogP contribution in [0.4, 0.5) is 5.82 Å². The summed E-state index contributed by atoms with van der Waals surface area (Å²) in [5, 5.41) is 1.33. The number of nitrogens with two attached hydrogens (primary N) is 1. The van der Waals surface area contributed by atoms with Crippen molar-refractivity contribution in [3.8, 4) is 22.5 Å². The summed E-state index contributed by atoms with van der Waals surface area (Å²) in [6, 6.07) is 17.0. The van der Waals surface area contributed by atoms with E-state index in [0.717, 1.165) is 10.9 Å². The second-order valence-electron chi connectivity index (χ2n) is 8.53. The van der Waals surface area contributed by atoms with Crippen molar-refractivity contribution in [3.05, 3.63) is 71.5 Å². The van der Waals surface area contributed by atoms with Crippen molar-refractivity contribution in [1.82, 2.24) is 19.9 Å². The van der Waals surface area contributed by atoms with E-state index in [9.17, 15) is 9.59 Å². The first-order valence-corrected chi connectivity index (χ1v) is 11.3. The number of halogens is 1. The molecule has 2 N–H and O–H groups in total. The molecule has 0 radical (unpaired) electrons. The van der Waals surface area contributed by atoms with E-state index in [4.69, 9.17) is 22.3 Å². The van der Waals surface area contributed by atoms with Crippen molar-refractivity contribution in [2.24, 2.45) is 5.92 Å².